The van der Waals surface area contributed by atoms with Gasteiger partial charge in [-0.1, -0.05) is 0 Å². The highest BCUT2D eigenvalue weighted by Crippen LogP contribution is 2.27. The summed E-state index contributed by atoms with van der Waals surface area (Å²) < 4.78 is 12.4. The van der Waals surface area contributed by atoms with Gasteiger partial charge >= 0.3 is 6.03 Å². The van der Waals surface area contributed by atoms with Crippen LogP contribution in [0.25, 0.3) is 0 Å². The summed E-state index contributed by atoms with van der Waals surface area (Å²) in [6.45, 7) is 5.83. The molecule has 8 heteroatoms. The highest BCUT2D eigenvalue weighted by atomic mass is 16.5. The van der Waals surface area contributed by atoms with Gasteiger partial charge in [-0.05, 0) is 13.3 Å². The molecule has 1 N–H and O–H groups in total. The maximum Gasteiger partial charge on any atom is 0.318 e. The zero-order valence-corrected chi connectivity index (χ0v) is 14.9. The van der Waals surface area contributed by atoms with Crippen LogP contribution in [-0.2, 0) is 18.3 Å². The van der Waals surface area contributed by atoms with E-state index in [9.17, 15) is 4.79 Å². The summed E-state index contributed by atoms with van der Waals surface area (Å²) in [5.74, 6) is 0.812. The van der Waals surface area contributed by atoms with E-state index < -0.39 is 0 Å². The molecule has 0 bridgehead atoms. The smallest absolute Gasteiger partial charge is 0.318 e. The van der Waals surface area contributed by atoms with E-state index in [0.29, 0.717) is 13.2 Å². The Morgan fingerprint density at radius 3 is 2.88 bits per heavy atom. The first-order chi connectivity index (χ1) is 11.5. The molecule has 2 saturated heterocycles. The van der Waals surface area contributed by atoms with Crippen molar-refractivity contribution in [3.63, 3.8) is 0 Å². The summed E-state index contributed by atoms with van der Waals surface area (Å²) >= 11 is 0. The number of aromatic nitrogens is 2. The number of aryl methyl sites for hydroxylation is 2. The molecule has 0 saturated carbocycles. The molecule has 0 aromatic carbocycles. The molecule has 2 aliphatic heterocycles. The van der Waals surface area contributed by atoms with E-state index in [1.165, 1.54) is 0 Å². The number of urea groups is 1. The van der Waals surface area contributed by atoms with Crippen molar-refractivity contribution < 1.29 is 14.3 Å². The molecular weight excluding hydrogens is 310 g/mol. The fourth-order valence-electron chi connectivity index (χ4n) is 3.86. The SMILES string of the molecule is COCCN1C(=O)N[C@@H]2CN(Cc3c(C)nn(C)c3OC)CC[C@@H]21. The predicted molar refractivity (Wildman–Crippen MR) is 89.1 cm³/mol. The van der Waals surface area contributed by atoms with Crippen LogP contribution >= 0.6 is 0 Å². The average molecular weight is 337 g/mol. The molecule has 134 valence electrons. The van der Waals surface area contributed by atoms with Crippen LogP contribution in [0.2, 0.25) is 0 Å². The lowest BCUT2D eigenvalue weighted by molar-refractivity contribution is 0.110. The van der Waals surface area contributed by atoms with Gasteiger partial charge < -0.3 is 19.7 Å². The summed E-state index contributed by atoms with van der Waals surface area (Å²) in [5, 5.41) is 7.56. The first-order valence-electron chi connectivity index (χ1n) is 8.40. The van der Waals surface area contributed by atoms with Crippen molar-refractivity contribution in [1.29, 1.82) is 0 Å². The van der Waals surface area contributed by atoms with Gasteiger partial charge in [0.25, 0.3) is 0 Å². The highest BCUT2D eigenvalue weighted by molar-refractivity contribution is 5.77. The molecule has 2 atom stereocenters. The molecule has 2 amide bonds. The van der Waals surface area contributed by atoms with Crippen LogP contribution in [0, 0.1) is 6.92 Å². The second-order valence-corrected chi connectivity index (χ2v) is 6.53. The van der Waals surface area contributed by atoms with Gasteiger partial charge in [0.05, 0.1) is 37.1 Å². The first kappa shape index (κ1) is 17.0. The van der Waals surface area contributed by atoms with Crippen LogP contribution < -0.4 is 10.1 Å². The minimum Gasteiger partial charge on any atom is -0.481 e. The topological polar surface area (TPSA) is 71.9 Å². The number of hydrogen-bond acceptors (Lipinski definition) is 5. The Morgan fingerprint density at radius 1 is 1.38 bits per heavy atom. The van der Waals surface area contributed by atoms with Gasteiger partial charge in [-0.3, -0.25) is 4.90 Å². The van der Waals surface area contributed by atoms with Gasteiger partial charge in [0.2, 0.25) is 5.88 Å². The highest BCUT2D eigenvalue weighted by Gasteiger charge is 2.42. The molecule has 1 aromatic rings. The number of hydrogen-bond donors (Lipinski definition) is 1. The second-order valence-electron chi connectivity index (χ2n) is 6.53. The van der Waals surface area contributed by atoms with Crippen molar-refractivity contribution >= 4 is 6.03 Å². The molecule has 24 heavy (non-hydrogen) atoms. The zero-order valence-electron chi connectivity index (χ0n) is 14.9. The van der Waals surface area contributed by atoms with Gasteiger partial charge in [0, 0.05) is 40.3 Å². The van der Waals surface area contributed by atoms with Crippen molar-refractivity contribution in [2.45, 2.75) is 32.0 Å². The molecule has 0 aliphatic carbocycles. The van der Waals surface area contributed by atoms with Crippen molar-refractivity contribution in [1.82, 2.24) is 24.9 Å². The lowest BCUT2D eigenvalue weighted by Crippen LogP contribution is -2.51. The number of ether oxygens (including phenoxy) is 2. The summed E-state index contributed by atoms with van der Waals surface area (Å²) in [4.78, 5) is 16.5. The molecule has 0 unspecified atom stereocenters. The Bertz CT molecular complexity index is 603. The lowest BCUT2D eigenvalue weighted by atomic mass is 9.99. The van der Waals surface area contributed by atoms with Crippen LogP contribution in [0.1, 0.15) is 17.7 Å². The summed E-state index contributed by atoms with van der Waals surface area (Å²) in [6.07, 6.45) is 0.967. The number of piperidine rings is 1. The monoisotopic (exact) mass is 337 g/mol. The van der Waals surface area contributed by atoms with Crippen molar-refractivity contribution in [3.05, 3.63) is 11.3 Å². The lowest BCUT2D eigenvalue weighted by Gasteiger charge is -2.36. The molecule has 1 aromatic heterocycles. The quantitative estimate of drug-likeness (QED) is 0.811. The molecule has 3 heterocycles. The van der Waals surface area contributed by atoms with Crippen LogP contribution in [0.4, 0.5) is 4.79 Å². The molecule has 3 rings (SSSR count). The number of fused-ring (bicyclic) bond motifs is 1. The number of carbonyl (C=O) groups is 1. The summed E-state index contributed by atoms with van der Waals surface area (Å²) in [7, 11) is 5.24. The molecule has 2 fully saturated rings. The van der Waals surface area contributed by atoms with Gasteiger partial charge in [-0.25, -0.2) is 9.48 Å². The van der Waals surface area contributed by atoms with Crippen LogP contribution in [0.3, 0.4) is 0 Å². The number of rotatable bonds is 6. The van der Waals surface area contributed by atoms with E-state index in [2.05, 4.69) is 15.3 Å². The maximum absolute atomic E-state index is 12.2. The minimum absolute atomic E-state index is 0.0269. The maximum atomic E-state index is 12.2. The number of nitrogens with zero attached hydrogens (tertiary/aromatic N) is 4. The van der Waals surface area contributed by atoms with E-state index in [4.69, 9.17) is 9.47 Å². The Morgan fingerprint density at radius 2 is 2.17 bits per heavy atom. The van der Waals surface area contributed by atoms with Crippen LogP contribution in [0.5, 0.6) is 5.88 Å². The third-order valence-electron chi connectivity index (χ3n) is 5.03. The molecule has 0 radical (unpaired) electrons. The summed E-state index contributed by atoms with van der Waals surface area (Å²) in [5.41, 5.74) is 2.12. The van der Waals surface area contributed by atoms with E-state index in [1.807, 2.05) is 18.9 Å². The summed E-state index contributed by atoms with van der Waals surface area (Å²) in [6, 6.07) is 0.464. The number of carbonyl (C=O) groups excluding carboxylic acids is 1. The predicted octanol–water partition coefficient (Wildman–Crippen LogP) is 0.352. The van der Waals surface area contributed by atoms with Crippen molar-refractivity contribution in [3.8, 4) is 5.88 Å². The fourth-order valence-corrected chi connectivity index (χ4v) is 3.86. The van der Waals surface area contributed by atoms with Gasteiger partial charge in [0.1, 0.15) is 0 Å². The van der Waals surface area contributed by atoms with Crippen LogP contribution in [0.15, 0.2) is 0 Å². The third-order valence-corrected chi connectivity index (χ3v) is 5.03. The van der Waals surface area contributed by atoms with Gasteiger partial charge in [-0.2, -0.15) is 5.10 Å². The van der Waals surface area contributed by atoms with Crippen LogP contribution in [-0.4, -0.2) is 78.2 Å². The Kier molecular flexibility index (Phi) is 4.96. The second kappa shape index (κ2) is 6.98. The zero-order chi connectivity index (χ0) is 17.3. The van der Waals surface area contributed by atoms with Crippen molar-refractivity contribution in [2.24, 2.45) is 7.05 Å². The van der Waals surface area contributed by atoms with Crippen molar-refractivity contribution in [2.75, 3.05) is 40.5 Å². The molecule has 0 spiro atoms. The third kappa shape index (κ3) is 3.08. The Balaban J connectivity index is 1.65. The largest absolute Gasteiger partial charge is 0.481 e. The van der Waals surface area contributed by atoms with E-state index >= 15 is 0 Å². The normalized spacial score (nSPS) is 24.2. The van der Waals surface area contributed by atoms with Gasteiger partial charge in [0.15, 0.2) is 0 Å². The standard InChI is InChI=1S/C16H27N5O3/c1-11-12(15(24-4)19(2)18-11)9-20-6-5-14-13(10-20)17-16(22)21(14)7-8-23-3/h13-14H,5-10H2,1-4H3,(H,17,22)/t13-,14+/m1/s1. The number of amides is 2. The fraction of sp³-hybridized carbons (Fsp3) is 0.750. The van der Waals surface area contributed by atoms with Gasteiger partial charge in [-0.15, -0.1) is 0 Å². The number of likely N-dealkylation sites (tertiary alicyclic amines) is 1. The van der Waals surface area contributed by atoms with E-state index in [-0.39, 0.29) is 18.1 Å². The Labute approximate surface area is 142 Å². The molecule has 8 nitrogen and oxygen atoms in total. The number of methoxy groups -OCH3 is 2. The minimum atomic E-state index is 0.0269. The molecular formula is C16H27N5O3. The van der Waals surface area contributed by atoms with E-state index in [0.717, 1.165) is 43.2 Å². The Hall–Kier alpha value is -1.80. The molecule has 2 aliphatic rings. The number of nitrogens with one attached hydrogen (secondary N) is 1. The van der Waals surface area contributed by atoms with E-state index in [1.54, 1.807) is 18.9 Å². The first-order valence-corrected chi connectivity index (χ1v) is 8.40. The average Bonchev–Trinajstić information content (AvgIpc) is 3.00.